The van der Waals surface area contributed by atoms with Gasteiger partial charge in [-0.25, -0.2) is 4.79 Å². The zero-order valence-corrected chi connectivity index (χ0v) is 12.3. The topological polar surface area (TPSA) is 93.1 Å². The Labute approximate surface area is 108 Å². The van der Waals surface area contributed by atoms with E-state index in [-0.39, 0.29) is 6.04 Å². The summed E-state index contributed by atoms with van der Waals surface area (Å²) in [6, 6.07) is 0.172. The van der Waals surface area contributed by atoms with Crippen LogP contribution in [0.25, 0.3) is 0 Å². The standard InChI is InChI=1S/C8H15NO2.C2H6O4S/c1-6(8(10)11)5-7(2)9(3)4;1-5-7(3,4)6-2/h5,7H,1-4H3,(H,10,11);1-2H3. The number of carboxylic acids is 1. The molecule has 0 radical (unpaired) electrons. The van der Waals surface area contributed by atoms with Crippen molar-refractivity contribution >= 4 is 16.4 Å². The van der Waals surface area contributed by atoms with E-state index < -0.39 is 16.4 Å². The molecule has 0 fully saturated rings. The second-order valence-corrected chi connectivity index (χ2v) is 5.08. The average Bonchev–Trinajstić information content (AvgIpc) is 2.29. The molecule has 1 unspecified atom stereocenters. The fraction of sp³-hybridized carbons (Fsp3) is 0.700. The van der Waals surface area contributed by atoms with E-state index in [4.69, 9.17) is 5.11 Å². The summed E-state index contributed by atoms with van der Waals surface area (Å²) < 4.78 is 27.5. The Morgan fingerprint density at radius 3 is 1.83 bits per heavy atom. The molecule has 0 aromatic heterocycles. The van der Waals surface area contributed by atoms with E-state index in [0.717, 1.165) is 14.2 Å². The summed E-state index contributed by atoms with van der Waals surface area (Å²) in [5, 5.41) is 8.53. The van der Waals surface area contributed by atoms with Crippen LogP contribution in [0.3, 0.4) is 0 Å². The second-order valence-electron chi connectivity index (χ2n) is 3.60. The average molecular weight is 283 g/mol. The lowest BCUT2D eigenvalue weighted by Gasteiger charge is -2.15. The number of nitrogens with zero attached hydrogens (tertiary/aromatic N) is 1. The number of carbonyl (C=O) groups is 1. The van der Waals surface area contributed by atoms with Gasteiger partial charge in [-0.1, -0.05) is 6.08 Å². The second kappa shape index (κ2) is 9.03. The maximum atomic E-state index is 10.4. The molecule has 0 rings (SSSR count). The largest absolute Gasteiger partial charge is 0.478 e. The molecule has 108 valence electrons. The van der Waals surface area contributed by atoms with Crippen molar-refractivity contribution in [2.75, 3.05) is 28.3 Å². The molecule has 0 bridgehead atoms. The summed E-state index contributed by atoms with van der Waals surface area (Å²) in [4.78, 5) is 12.3. The molecule has 0 aromatic rings. The number of hydrogen-bond acceptors (Lipinski definition) is 6. The van der Waals surface area contributed by atoms with Gasteiger partial charge in [0.2, 0.25) is 0 Å². The maximum Gasteiger partial charge on any atom is 0.399 e. The summed E-state index contributed by atoms with van der Waals surface area (Å²) in [5.74, 6) is -0.848. The lowest BCUT2D eigenvalue weighted by molar-refractivity contribution is -0.132. The van der Waals surface area contributed by atoms with Crippen LogP contribution in [0.4, 0.5) is 0 Å². The number of rotatable bonds is 5. The Bertz CT molecular complexity index is 364. The van der Waals surface area contributed by atoms with Gasteiger partial charge in [-0.2, -0.15) is 8.42 Å². The Balaban J connectivity index is 0. The molecule has 1 atom stereocenters. The first-order valence-corrected chi connectivity index (χ1v) is 6.35. The van der Waals surface area contributed by atoms with Gasteiger partial charge in [0.1, 0.15) is 0 Å². The van der Waals surface area contributed by atoms with Crippen LogP contribution in [-0.2, 0) is 23.6 Å². The summed E-state index contributed by atoms with van der Waals surface area (Å²) in [7, 11) is 2.22. The van der Waals surface area contributed by atoms with E-state index in [1.165, 1.54) is 0 Å². The summed E-state index contributed by atoms with van der Waals surface area (Å²) >= 11 is 0. The fourth-order valence-electron chi connectivity index (χ4n) is 0.650. The Kier molecular flexibility index (Phi) is 9.73. The van der Waals surface area contributed by atoms with Crippen molar-refractivity contribution in [2.45, 2.75) is 19.9 Å². The Hall–Kier alpha value is -0.960. The Morgan fingerprint density at radius 1 is 1.28 bits per heavy atom. The van der Waals surface area contributed by atoms with Crippen molar-refractivity contribution in [1.29, 1.82) is 0 Å². The minimum atomic E-state index is -3.66. The highest BCUT2D eigenvalue weighted by Gasteiger charge is 2.04. The molecule has 0 aliphatic heterocycles. The molecule has 0 heterocycles. The van der Waals surface area contributed by atoms with Crippen LogP contribution in [0, 0.1) is 0 Å². The quantitative estimate of drug-likeness (QED) is 0.734. The van der Waals surface area contributed by atoms with E-state index in [1.54, 1.807) is 13.0 Å². The minimum Gasteiger partial charge on any atom is -0.478 e. The van der Waals surface area contributed by atoms with E-state index in [2.05, 4.69) is 8.37 Å². The molecular weight excluding hydrogens is 262 g/mol. The third-order valence-corrected chi connectivity index (χ3v) is 2.87. The summed E-state index contributed by atoms with van der Waals surface area (Å²) in [5.41, 5.74) is 0.395. The molecule has 8 heteroatoms. The minimum absolute atomic E-state index is 0.172. The zero-order chi connectivity index (χ0) is 14.9. The van der Waals surface area contributed by atoms with Gasteiger partial charge in [0.15, 0.2) is 0 Å². The molecule has 0 spiro atoms. The van der Waals surface area contributed by atoms with Crippen LogP contribution in [0.1, 0.15) is 13.8 Å². The summed E-state index contributed by atoms with van der Waals surface area (Å²) in [6.45, 7) is 3.55. The number of likely N-dealkylation sites (N-methyl/N-ethyl adjacent to an activating group) is 1. The third-order valence-electron chi connectivity index (χ3n) is 2.05. The van der Waals surface area contributed by atoms with Gasteiger partial charge in [0, 0.05) is 11.6 Å². The lowest BCUT2D eigenvalue weighted by Crippen LogP contribution is -2.23. The highest BCUT2D eigenvalue weighted by atomic mass is 32.3. The van der Waals surface area contributed by atoms with Gasteiger partial charge in [0.05, 0.1) is 14.2 Å². The summed E-state index contributed by atoms with van der Waals surface area (Å²) in [6.07, 6.45) is 1.72. The van der Waals surface area contributed by atoms with Crippen molar-refractivity contribution in [1.82, 2.24) is 4.90 Å². The highest BCUT2D eigenvalue weighted by molar-refractivity contribution is 7.81. The molecular formula is C10H21NO6S. The molecule has 0 aliphatic carbocycles. The van der Waals surface area contributed by atoms with Crippen molar-refractivity contribution in [3.63, 3.8) is 0 Å². The molecule has 0 aliphatic rings. The molecule has 0 amide bonds. The number of aliphatic carboxylic acids is 1. The maximum absolute atomic E-state index is 10.4. The van der Waals surface area contributed by atoms with Crippen LogP contribution in [-0.4, -0.2) is 58.8 Å². The van der Waals surface area contributed by atoms with E-state index in [0.29, 0.717) is 5.57 Å². The van der Waals surface area contributed by atoms with Crippen molar-refractivity contribution in [2.24, 2.45) is 0 Å². The van der Waals surface area contributed by atoms with Gasteiger partial charge in [-0.05, 0) is 27.9 Å². The van der Waals surface area contributed by atoms with E-state index in [9.17, 15) is 13.2 Å². The molecule has 0 aromatic carbocycles. The number of carboxylic acid groups (broad SMARTS) is 1. The van der Waals surface area contributed by atoms with Gasteiger partial charge in [-0.15, -0.1) is 0 Å². The smallest absolute Gasteiger partial charge is 0.399 e. The van der Waals surface area contributed by atoms with Crippen LogP contribution in [0.5, 0.6) is 0 Å². The van der Waals surface area contributed by atoms with Gasteiger partial charge in [0.25, 0.3) is 0 Å². The molecule has 1 N–H and O–H groups in total. The molecule has 18 heavy (non-hydrogen) atoms. The third kappa shape index (κ3) is 10.2. The van der Waals surface area contributed by atoms with Crippen LogP contribution < -0.4 is 0 Å². The van der Waals surface area contributed by atoms with Crippen molar-refractivity contribution in [3.05, 3.63) is 11.6 Å². The fourth-order valence-corrected chi connectivity index (χ4v) is 0.786. The van der Waals surface area contributed by atoms with Gasteiger partial charge >= 0.3 is 16.4 Å². The normalized spacial score (nSPS) is 13.8. The van der Waals surface area contributed by atoms with Crippen LogP contribution in [0.2, 0.25) is 0 Å². The Morgan fingerprint density at radius 2 is 1.67 bits per heavy atom. The highest BCUT2D eigenvalue weighted by Crippen LogP contribution is 1.99. The van der Waals surface area contributed by atoms with Crippen LogP contribution in [0.15, 0.2) is 11.6 Å². The van der Waals surface area contributed by atoms with Crippen molar-refractivity contribution < 1.29 is 26.7 Å². The van der Waals surface area contributed by atoms with Gasteiger partial charge < -0.3 is 10.0 Å². The molecule has 0 saturated carbocycles. The first kappa shape index (κ1) is 19.4. The van der Waals surface area contributed by atoms with E-state index in [1.807, 2.05) is 25.9 Å². The first-order chi connectivity index (χ1) is 8.07. The predicted octanol–water partition coefficient (Wildman–Crippen LogP) is 0.491. The molecule has 7 nitrogen and oxygen atoms in total. The predicted molar refractivity (Wildman–Crippen MR) is 67.5 cm³/mol. The first-order valence-electron chi connectivity index (χ1n) is 5.01. The zero-order valence-electron chi connectivity index (χ0n) is 11.5. The van der Waals surface area contributed by atoms with Crippen LogP contribution >= 0.6 is 0 Å². The van der Waals surface area contributed by atoms with Crippen molar-refractivity contribution in [3.8, 4) is 0 Å². The molecule has 0 saturated heterocycles. The van der Waals surface area contributed by atoms with E-state index >= 15 is 0 Å². The number of hydrogen-bond donors (Lipinski definition) is 1. The monoisotopic (exact) mass is 283 g/mol. The lowest BCUT2D eigenvalue weighted by atomic mass is 10.2. The SMILES string of the molecule is CC(=CC(C)N(C)C)C(=O)O.COS(=O)(=O)OC. The van der Waals surface area contributed by atoms with Gasteiger partial charge in [-0.3, -0.25) is 8.37 Å².